The van der Waals surface area contributed by atoms with Crippen LogP contribution < -0.4 is 5.32 Å². The predicted octanol–water partition coefficient (Wildman–Crippen LogP) is 6.89. The van der Waals surface area contributed by atoms with Crippen LogP contribution >= 0.6 is 0 Å². The number of para-hydroxylation sites is 1. The van der Waals surface area contributed by atoms with Gasteiger partial charge in [0.05, 0.1) is 17.1 Å². The van der Waals surface area contributed by atoms with Gasteiger partial charge in [0, 0.05) is 11.6 Å². The monoisotopic (exact) mass is 434 g/mol. The Morgan fingerprint density at radius 2 is 1.39 bits per heavy atom. The second-order valence-corrected chi connectivity index (χ2v) is 9.03. The Kier molecular flexibility index (Phi) is 5.95. The maximum atomic E-state index is 13.7. The van der Waals surface area contributed by atoms with E-state index in [1.54, 1.807) is 6.20 Å². The molecule has 3 nitrogen and oxygen atoms in total. The fourth-order valence-corrected chi connectivity index (χ4v) is 5.13. The molecule has 1 aliphatic carbocycles. The highest BCUT2D eigenvalue weighted by atomic mass is 16.2. The van der Waals surface area contributed by atoms with Crippen LogP contribution in [0.25, 0.3) is 10.9 Å². The van der Waals surface area contributed by atoms with Crippen LogP contribution in [0, 0.1) is 5.92 Å². The fourth-order valence-electron chi connectivity index (χ4n) is 5.13. The van der Waals surface area contributed by atoms with Crippen molar-refractivity contribution in [2.24, 2.45) is 5.92 Å². The van der Waals surface area contributed by atoms with Gasteiger partial charge in [-0.25, -0.2) is 0 Å². The largest absolute Gasteiger partial charge is 0.324 e. The van der Waals surface area contributed by atoms with Gasteiger partial charge in [-0.1, -0.05) is 80.6 Å². The average molecular weight is 435 g/mol. The second-order valence-electron chi connectivity index (χ2n) is 9.03. The van der Waals surface area contributed by atoms with Crippen LogP contribution in [-0.2, 0) is 17.6 Å². The molecule has 1 N–H and O–H groups in total. The zero-order chi connectivity index (χ0) is 22.8. The SMILES string of the molecule is CCc1ccc(C2CC(c3ccc(CC)cc3)C2C(=O)Nc2cccc3cccnc23)cc1. The molecule has 0 saturated heterocycles. The number of nitrogens with zero attached hydrogens (tertiary/aromatic N) is 1. The Balaban J connectivity index is 1.46. The van der Waals surface area contributed by atoms with Crippen molar-refractivity contribution in [3.05, 3.63) is 107 Å². The van der Waals surface area contributed by atoms with Gasteiger partial charge in [-0.2, -0.15) is 0 Å². The molecule has 2 atom stereocenters. The molecule has 0 aliphatic heterocycles. The lowest BCUT2D eigenvalue weighted by molar-refractivity contribution is -0.124. The fraction of sp³-hybridized carbons (Fsp3) is 0.267. The number of nitrogens with one attached hydrogen (secondary N) is 1. The van der Waals surface area contributed by atoms with E-state index in [0.29, 0.717) is 0 Å². The molecule has 1 amide bonds. The van der Waals surface area contributed by atoms with Crippen LogP contribution in [0.3, 0.4) is 0 Å². The minimum absolute atomic E-state index is 0.0774. The highest BCUT2D eigenvalue weighted by molar-refractivity contribution is 6.02. The smallest absolute Gasteiger partial charge is 0.228 e. The van der Waals surface area contributed by atoms with Crippen LogP contribution in [0.15, 0.2) is 85.1 Å². The van der Waals surface area contributed by atoms with Crippen molar-refractivity contribution >= 4 is 22.5 Å². The van der Waals surface area contributed by atoms with Crippen molar-refractivity contribution in [1.29, 1.82) is 0 Å². The van der Waals surface area contributed by atoms with Gasteiger partial charge < -0.3 is 5.32 Å². The predicted molar refractivity (Wildman–Crippen MR) is 136 cm³/mol. The molecule has 0 bridgehead atoms. The van der Waals surface area contributed by atoms with Crippen molar-refractivity contribution in [3.8, 4) is 0 Å². The van der Waals surface area contributed by atoms with Crippen molar-refractivity contribution < 1.29 is 4.79 Å². The van der Waals surface area contributed by atoms with Crippen LogP contribution in [0.5, 0.6) is 0 Å². The number of benzene rings is 3. The molecule has 1 heterocycles. The quantitative estimate of drug-likeness (QED) is 0.359. The molecule has 2 unspecified atom stereocenters. The third-order valence-corrected chi connectivity index (χ3v) is 7.20. The van der Waals surface area contributed by atoms with Crippen molar-refractivity contribution in [2.75, 3.05) is 5.32 Å². The van der Waals surface area contributed by atoms with Crippen LogP contribution in [0.2, 0.25) is 0 Å². The third-order valence-electron chi connectivity index (χ3n) is 7.20. The molecule has 33 heavy (non-hydrogen) atoms. The molecule has 4 aromatic rings. The first-order chi connectivity index (χ1) is 16.2. The summed E-state index contributed by atoms with van der Waals surface area (Å²) in [6.07, 6.45) is 4.81. The number of amides is 1. The number of hydrogen-bond acceptors (Lipinski definition) is 2. The first kappa shape index (κ1) is 21.4. The normalized spacial score (nSPS) is 19.8. The minimum Gasteiger partial charge on any atom is -0.324 e. The number of hydrogen-bond donors (Lipinski definition) is 1. The van der Waals surface area contributed by atoms with E-state index in [1.807, 2.05) is 30.3 Å². The Bertz CT molecular complexity index is 1200. The molecular weight excluding hydrogens is 404 g/mol. The van der Waals surface area contributed by atoms with Crippen molar-refractivity contribution in [3.63, 3.8) is 0 Å². The Hall–Kier alpha value is -3.46. The second kappa shape index (κ2) is 9.19. The maximum Gasteiger partial charge on any atom is 0.228 e. The number of aromatic nitrogens is 1. The number of pyridine rings is 1. The van der Waals surface area contributed by atoms with E-state index in [0.717, 1.165) is 35.9 Å². The number of carbonyl (C=O) groups is 1. The molecule has 1 aliphatic rings. The molecule has 3 aromatic carbocycles. The van der Waals surface area contributed by atoms with E-state index in [1.165, 1.54) is 22.3 Å². The summed E-state index contributed by atoms with van der Waals surface area (Å²) in [5.41, 5.74) is 6.78. The van der Waals surface area contributed by atoms with Gasteiger partial charge in [-0.15, -0.1) is 0 Å². The molecule has 5 rings (SSSR count). The zero-order valence-electron chi connectivity index (χ0n) is 19.3. The molecule has 166 valence electrons. The Morgan fingerprint density at radius 1 is 0.818 bits per heavy atom. The number of aryl methyl sites for hydroxylation is 2. The average Bonchev–Trinajstić information content (AvgIpc) is 2.84. The minimum atomic E-state index is -0.107. The highest BCUT2D eigenvalue weighted by Gasteiger charge is 2.47. The first-order valence-electron chi connectivity index (χ1n) is 12.0. The molecule has 1 aromatic heterocycles. The molecule has 0 spiro atoms. The van der Waals surface area contributed by atoms with Gasteiger partial charge in [0.15, 0.2) is 0 Å². The third kappa shape index (κ3) is 4.16. The van der Waals surface area contributed by atoms with E-state index in [2.05, 4.69) is 72.7 Å². The summed E-state index contributed by atoms with van der Waals surface area (Å²) in [6, 6.07) is 27.5. The standard InChI is InChI=1S/C30H30N2O/c1-3-20-10-14-22(15-11-20)25-19-26(23-16-12-21(4-2)13-17-23)28(25)30(33)32-27-9-5-7-24-8-6-18-31-29(24)27/h5-18,25-26,28H,3-4,19H2,1-2H3,(H,32,33). The van der Waals surface area contributed by atoms with Gasteiger partial charge in [0.25, 0.3) is 0 Å². The topological polar surface area (TPSA) is 42.0 Å². The summed E-state index contributed by atoms with van der Waals surface area (Å²) < 4.78 is 0. The molecule has 1 fully saturated rings. The van der Waals surface area contributed by atoms with Gasteiger partial charge >= 0.3 is 0 Å². The number of rotatable bonds is 6. The lowest BCUT2D eigenvalue weighted by atomic mass is 9.59. The summed E-state index contributed by atoms with van der Waals surface area (Å²) >= 11 is 0. The first-order valence-corrected chi connectivity index (χ1v) is 12.0. The summed E-state index contributed by atoms with van der Waals surface area (Å²) in [6.45, 7) is 4.34. The molecule has 3 heteroatoms. The lowest BCUT2D eigenvalue weighted by Gasteiger charge is -2.44. The van der Waals surface area contributed by atoms with E-state index >= 15 is 0 Å². The molecule has 0 radical (unpaired) electrons. The number of carbonyl (C=O) groups excluding carboxylic acids is 1. The van der Waals surface area contributed by atoms with Gasteiger partial charge in [-0.05, 0) is 65.5 Å². The summed E-state index contributed by atoms with van der Waals surface area (Å²) in [5, 5.41) is 4.26. The highest BCUT2D eigenvalue weighted by Crippen LogP contribution is 2.53. The maximum absolute atomic E-state index is 13.7. The summed E-state index contributed by atoms with van der Waals surface area (Å²) in [5.74, 6) is 0.404. The van der Waals surface area contributed by atoms with E-state index < -0.39 is 0 Å². The Labute approximate surface area is 195 Å². The number of anilines is 1. The summed E-state index contributed by atoms with van der Waals surface area (Å²) in [7, 11) is 0. The molecular formula is C30H30N2O. The Morgan fingerprint density at radius 3 is 1.97 bits per heavy atom. The summed E-state index contributed by atoms with van der Waals surface area (Å²) in [4.78, 5) is 18.2. The molecule has 1 saturated carbocycles. The van der Waals surface area contributed by atoms with Crippen molar-refractivity contribution in [1.82, 2.24) is 4.98 Å². The van der Waals surface area contributed by atoms with E-state index in [4.69, 9.17) is 0 Å². The lowest BCUT2D eigenvalue weighted by Crippen LogP contribution is -2.42. The van der Waals surface area contributed by atoms with Crippen LogP contribution in [0.4, 0.5) is 5.69 Å². The zero-order valence-corrected chi connectivity index (χ0v) is 19.3. The van der Waals surface area contributed by atoms with Gasteiger partial charge in [0.2, 0.25) is 5.91 Å². The van der Waals surface area contributed by atoms with Gasteiger partial charge in [0.1, 0.15) is 0 Å². The van der Waals surface area contributed by atoms with E-state index in [9.17, 15) is 4.79 Å². The number of fused-ring (bicyclic) bond motifs is 1. The van der Waals surface area contributed by atoms with Crippen molar-refractivity contribution in [2.45, 2.75) is 44.9 Å². The van der Waals surface area contributed by atoms with Crippen LogP contribution in [-0.4, -0.2) is 10.9 Å². The van der Waals surface area contributed by atoms with Crippen LogP contribution in [0.1, 0.15) is 54.4 Å². The van der Waals surface area contributed by atoms with E-state index in [-0.39, 0.29) is 23.7 Å². The van der Waals surface area contributed by atoms with Gasteiger partial charge in [-0.3, -0.25) is 9.78 Å².